The average molecular weight is 363 g/mol. The van der Waals surface area contributed by atoms with Gasteiger partial charge in [-0.1, -0.05) is 15.9 Å². The maximum atomic E-state index is 13.5. The van der Waals surface area contributed by atoms with Gasteiger partial charge in [0.05, 0.1) is 0 Å². The fourth-order valence-corrected chi connectivity index (χ4v) is 1.74. The lowest BCUT2D eigenvalue weighted by Gasteiger charge is -2.19. The summed E-state index contributed by atoms with van der Waals surface area (Å²) >= 11 is 3.07. The second-order valence-electron chi connectivity index (χ2n) is 3.97. The Morgan fingerprint density at radius 3 is 2.52 bits per heavy atom. The van der Waals surface area contributed by atoms with Gasteiger partial charge in [0.2, 0.25) is 5.91 Å². The zero-order valence-electron chi connectivity index (χ0n) is 10.7. The van der Waals surface area contributed by atoms with E-state index in [0.29, 0.717) is 9.37 Å². The van der Waals surface area contributed by atoms with Crippen LogP contribution in [-0.2, 0) is 14.4 Å². The van der Waals surface area contributed by atoms with Gasteiger partial charge < -0.3 is 20.5 Å². The second kappa shape index (κ2) is 7.58. The normalized spacial score (nSPS) is 10.0. The molecule has 0 aliphatic carbocycles. The van der Waals surface area contributed by atoms with Crippen molar-refractivity contribution in [3.05, 3.63) is 28.5 Å². The number of halogens is 2. The Hall–Kier alpha value is -2.16. The summed E-state index contributed by atoms with van der Waals surface area (Å²) in [6.45, 7) is -1.87. The molecule has 0 bridgehead atoms. The van der Waals surface area contributed by atoms with Crippen LogP contribution in [0.3, 0.4) is 0 Å². The molecule has 3 N–H and O–H groups in total. The van der Waals surface area contributed by atoms with Crippen molar-refractivity contribution in [2.24, 2.45) is 5.73 Å². The van der Waals surface area contributed by atoms with Gasteiger partial charge in [-0.15, -0.1) is 0 Å². The number of nitrogens with zero attached hydrogens (tertiary/aromatic N) is 1. The van der Waals surface area contributed by atoms with Gasteiger partial charge in [0.15, 0.2) is 18.2 Å². The van der Waals surface area contributed by atoms with Crippen molar-refractivity contribution in [2.45, 2.75) is 0 Å². The van der Waals surface area contributed by atoms with Gasteiger partial charge in [-0.3, -0.25) is 14.4 Å². The van der Waals surface area contributed by atoms with Crippen LogP contribution in [0.25, 0.3) is 0 Å². The number of carbonyl (C=O) groups is 3. The van der Waals surface area contributed by atoms with Crippen LogP contribution in [0.15, 0.2) is 22.7 Å². The molecule has 2 amide bonds. The molecule has 114 valence electrons. The molecule has 0 spiro atoms. The Bertz CT molecular complexity index is 551. The molecule has 0 aliphatic rings. The molecule has 9 heteroatoms. The van der Waals surface area contributed by atoms with Gasteiger partial charge in [0, 0.05) is 4.47 Å². The standard InChI is InChI=1S/C12H12BrFN2O5/c13-7-1-2-9(8(14)3-7)21-6-11(18)16(4-10(15)17)5-12(19)20/h1-3H,4-6H2,(H2,15,17)(H,19,20). The predicted octanol–water partition coefficient (Wildman–Crippen LogP) is 0.366. The molecule has 1 aromatic rings. The van der Waals surface area contributed by atoms with Crippen molar-refractivity contribution < 1.29 is 28.6 Å². The van der Waals surface area contributed by atoms with Crippen LogP contribution in [0.1, 0.15) is 0 Å². The van der Waals surface area contributed by atoms with E-state index in [1.807, 2.05) is 0 Å². The Kier molecular flexibility index (Phi) is 6.10. The average Bonchev–Trinajstić information content (AvgIpc) is 2.35. The SMILES string of the molecule is NC(=O)CN(CC(=O)O)C(=O)COc1ccc(Br)cc1F. The van der Waals surface area contributed by atoms with E-state index in [1.54, 1.807) is 0 Å². The van der Waals surface area contributed by atoms with E-state index in [1.165, 1.54) is 12.1 Å². The summed E-state index contributed by atoms with van der Waals surface area (Å²) in [5.74, 6) is -3.81. The monoisotopic (exact) mass is 362 g/mol. The summed E-state index contributed by atoms with van der Waals surface area (Å²) in [4.78, 5) is 33.9. The molecule has 0 atom stereocenters. The minimum absolute atomic E-state index is 0.166. The lowest BCUT2D eigenvalue weighted by Crippen LogP contribution is -2.43. The summed E-state index contributed by atoms with van der Waals surface area (Å²) in [5.41, 5.74) is 4.92. The molecule has 1 rings (SSSR count). The molecule has 0 saturated carbocycles. The second-order valence-corrected chi connectivity index (χ2v) is 4.89. The van der Waals surface area contributed by atoms with Crippen LogP contribution in [-0.4, -0.2) is 47.5 Å². The molecular weight excluding hydrogens is 351 g/mol. The van der Waals surface area contributed by atoms with Gasteiger partial charge in [0.25, 0.3) is 5.91 Å². The van der Waals surface area contributed by atoms with Gasteiger partial charge in [-0.25, -0.2) is 4.39 Å². The van der Waals surface area contributed by atoms with Crippen molar-refractivity contribution >= 4 is 33.7 Å². The van der Waals surface area contributed by atoms with Crippen molar-refractivity contribution in [3.63, 3.8) is 0 Å². The number of carboxylic acid groups (broad SMARTS) is 1. The van der Waals surface area contributed by atoms with Crippen molar-refractivity contribution in [1.82, 2.24) is 4.90 Å². The Morgan fingerprint density at radius 1 is 1.33 bits per heavy atom. The molecule has 7 nitrogen and oxygen atoms in total. The minimum atomic E-state index is -1.31. The lowest BCUT2D eigenvalue weighted by molar-refractivity contribution is -0.146. The number of aliphatic carboxylic acids is 1. The third kappa shape index (κ3) is 5.78. The molecule has 0 radical (unpaired) electrons. The van der Waals surface area contributed by atoms with Crippen LogP contribution in [0.2, 0.25) is 0 Å². The van der Waals surface area contributed by atoms with Crippen LogP contribution >= 0.6 is 15.9 Å². The van der Waals surface area contributed by atoms with Crippen molar-refractivity contribution in [1.29, 1.82) is 0 Å². The number of carboxylic acids is 1. The first-order valence-electron chi connectivity index (χ1n) is 5.65. The quantitative estimate of drug-likeness (QED) is 0.727. The molecular formula is C12H12BrFN2O5. The lowest BCUT2D eigenvalue weighted by atomic mass is 10.3. The van der Waals surface area contributed by atoms with E-state index in [4.69, 9.17) is 15.6 Å². The molecule has 0 aliphatic heterocycles. The van der Waals surface area contributed by atoms with Gasteiger partial charge in [0.1, 0.15) is 13.1 Å². The number of primary amides is 1. The number of carbonyl (C=O) groups excluding carboxylic acids is 2. The van der Waals surface area contributed by atoms with Crippen LogP contribution in [0.4, 0.5) is 4.39 Å². The highest BCUT2D eigenvalue weighted by Gasteiger charge is 2.19. The number of hydrogen-bond donors (Lipinski definition) is 2. The Morgan fingerprint density at radius 2 is 2.00 bits per heavy atom. The first kappa shape index (κ1) is 16.9. The summed E-state index contributed by atoms with van der Waals surface area (Å²) in [5, 5.41) is 8.65. The topological polar surface area (TPSA) is 110 Å². The van der Waals surface area contributed by atoms with E-state index in [0.717, 1.165) is 6.07 Å². The Balaban J connectivity index is 2.68. The molecule has 1 aromatic carbocycles. The smallest absolute Gasteiger partial charge is 0.323 e. The first-order valence-corrected chi connectivity index (χ1v) is 6.44. The highest BCUT2D eigenvalue weighted by Crippen LogP contribution is 2.21. The summed E-state index contributed by atoms with van der Waals surface area (Å²) in [7, 11) is 0. The largest absolute Gasteiger partial charge is 0.481 e. The summed E-state index contributed by atoms with van der Waals surface area (Å²) < 4.78 is 18.9. The minimum Gasteiger partial charge on any atom is -0.481 e. The third-order valence-electron chi connectivity index (χ3n) is 2.27. The molecule has 0 unspecified atom stereocenters. The molecule has 0 aromatic heterocycles. The summed E-state index contributed by atoms with van der Waals surface area (Å²) in [6, 6.07) is 3.97. The third-order valence-corrected chi connectivity index (χ3v) is 2.76. The highest BCUT2D eigenvalue weighted by atomic mass is 79.9. The zero-order valence-corrected chi connectivity index (χ0v) is 12.3. The van der Waals surface area contributed by atoms with E-state index < -0.39 is 43.3 Å². The number of amides is 2. The van der Waals surface area contributed by atoms with Crippen LogP contribution < -0.4 is 10.5 Å². The number of hydrogen-bond acceptors (Lipinski definition) is 4. The first-order chi connectivity index (χ1) is 9.79. The maximum absolute atomic E-state index is 13.5. The summed E-state index contributed by atoms with van der Waals surface area (Å²) in [6.07, 6.45) is 0. The van der Waals surface area contributed by atoms with Crippen molar-refractivity contribution in [2.75, 3.05) is 19.7 Å². The van der Waals surface area contributed by atoms with E-state index in [-0.39, 0.29) is 5.75 Å². The fraction of sp³-hybridized carbons (Fsp3) is 0.250. The molecule has 0 heterocycles. The van der Waals surface area contributed by atoms with E-state index in [9.17, 15) is 18.8 Å². The maximum Gasteiger partial charge on any atom is 0.323 e. The fourth-order valence-electron chi connectivity index (χ4n) is 1.41. The van der Waals surface area contributed by atoms with E-state index >= 15 is 0 Å². The number of nitrogens with two attached hydrogens (primary N) is 1. The molecule has 0 saturated heterocycles. The number of rotatable bonds is 7. The van der Waals surface area contributed by atoms with E-state index in [2.05, 4.69) is 15.9 Å². The van der Waals surface area contributed by atoms with Gasteiger partial charge in [-0.2, -0.15) is 0 Å². The predicted molar refractivity (Wildman–Crippen MR) is 73.0 cm³/mol. The van der Waals surface area contributed by atoms with Crippen LogP contribution in [0.5, 0.6) is 5.75 Å². The van der Waals surface area contributed by atoms with Gasteiger partial charge >= 0.3 is 5.97 Å². The van der Waals surface area contributed by atoms with Crippen molar-refractivity contribution in [3.8, 4) is 5.75 Å². The molecule has 21 heavy (non-hydrogen) atoms. The Labute approximate surface area is 127 Å². The van der Waals surface area contributed by atoms with Gasteiger partial charge in [-0.05, 0) is 18.2 Å². The number of benzene rings is 1. The highest BCUT2D eigenvalue weighted by molar-refractivity contribution is 9.10. The molecule has 0 fully saturated rings. The van der Waals surface area contributed by atoms with Crippen LogP contribution in [0, 0.1) is 5.82 Å². The zero-order chi connectivity index (χ0) is 16.0. The number of ether oxygens (including phenoxy) is 1.